The van der Waals surface area contributed by atoms with E-state index < -0.39 is 0 Å². The van der Waals surface area contributed by atoms with E-state index in [4.69, 9.17) is 4.74 Å². The van der Waals surface area contributed by atoms with Gasteiger partial charge in [0.25, 0.3) is 0 Å². The summed E-state index contributed by atoms with van der Waals surface area (Å²) in [6.45, 7) is 2.84. The normalized spacial score (nSPS) is 28.5. The minimum atomic E-state index is -0.185. The van der Waals surface area contributed by atoms with Crippen molar-refractivity contribution >= 4 is 17.7 Å². The molecule has 2 heterocycles. The molecule has 1 fully saturated rings. The summed E-state index contributed by atoms with van der Waals surface area (Å²) in [5.74, 6) is 1.67. The van der Waals surface area contributed by atoms with Gasteiger partial charge in [-0.15, -0.1) is 11.8 Å². The Labute approximate surface area is 176 Å². The van der Waals surface area contributed by atoms with Gasteiger partial charge in [-0.05, 0) is 58.9 Å². The highest BCUT2D eigenvalue weighted by molar-refractivity contribution is 8.04. The van der Waals surface area contributed by atoms with Crippen molar-refractivity contribution in [3.63, 3.8) is 0 Å². The number of carbonyl (C=O) groups excluding carboxylic acids is 1. The molecule has 2 aliphatic heterocycles. The molecule has 4 nitrogen and oxygen atoms in total. The Morgan fingerprint density at radius 2 is 2.00 bits per heavy atom. The zero-order chi connectivity index (χ0) is 19.8. The van der Waals surface area contributed by atoms with Crippen LogP contribution in [0.15, 0.2) is 65.1 Å². The number of amides is 1. The third-order valence-corrected chi connectivity index (χ3v) is 7.46. The molecule has 2 aromatic carbocycles. The van der Waals surface area contributed by atoms with Crippen molar-refractivity contribution in [2.75, 3.05) is 0 Å². The number of carbonyl (C=O) groups is 1. The molecule has 1 saturated heterocycles. The Bertz CT molecular complexity index is 943. The lowest BCUT2D eigenvalue weighted by molar-refractivity contribution is -0.127. The molecule has 4 unspecified atom stereocenters. The summed E-state index contributed by atoms with van der Waals surface area (Å²) in [5.41, 5.74) is 3.54. The predicted molar refractivity (Wildman–Crippen MR) is 116 cm³/mol. The summed E-state index contributed by atoms with van der Waals surface area (Å²) < 4.78 is 5.97. The summed E-state index contributed by atoms with van der Waals surface area (Å²) in [6, 6.07) is 18.2. The molecule has 5 rings (SSSR count). The van der Waals surface area contributed by atoms with Gasteiger partial charge in [-0.3, -0.25) is 10.1 Å². The maximum Gasteiger partial charge on any atom is 0.231 e. The zero-order valence-electron chi connectivity index (χ0n) is 16.6. The molecular weight excluding hydrogens is 380 g/mol. The van der Waals surface area contributed by atoms with E-state index in [0.717, 1.165) is 35.6 Å². The van der Waals surface area contributed by atoms with E-state index in [2.05, 4.69) is 29.7 Å². The fourth-order valence-corrected chi connectivity index (χ4v) is 6.21. The van der Waals surface area contributed by atoms with E-state index in [1.807, 2.05) is 54.2 Å². The number of ether oxygens (including phenoxy) is 1. The second-order valence-corrected chi connectivity index (χ2v) is 9.50. The third-order valence-electron chi connectivity index (χ3n) is 6.09. The van der Waals surface area contributed by atoms with Crippen molar-refractivity contribution in [2.24, 2.45) is 11.8 Å². The third kappa shape index (κ3) is 3.81. The van der Waals surface area contributed by atoms with Crippen LogP contribution >= 0.6 is 11.8 Å². The average Bonchev–Trinajstić information content (AvgIpc) is 3.11. The van der Waals surface area contributed by atoms with Gasteiger partial charge in [0.05, 0.1) is 11.3 Å². The molecule has 0 bridgehead atoms. The molecule has 5 heteroatoms. The smallest absolute Gasteiger partial charge is 0.231 e. The van der Waals surface area contributed by atoms with Crippen LogP contribution in [0, 0.1) is 11.8 Å². The van der Waals surface area contributed by atoms with E-state index in [-0.39, 0.29) is 23.4 Å². The SMILES string of the molecule is CC1CCC2=C(C1)SC1NC(c3cccc(OCc4ccccc4)c3)NC(=O)C21. The Morgan fingerprint density at radius 1 is 1.14 bits per heavy atom. The van der Waals surface area contributed by atoms with E-state index in [0.29, 0.717) is 6.61 Å². The lowest BCUT2D eigenvalue weighted by Crippen LogP contribution is -2.54. The first-order chi connectivity index (χ1) is 14.2. The highest BCUT2D eigenvalue weighted by Gasteiger charge is 2.46. The van der Waals surface area contributed by atoms with Crippen molar-refractivity contribution in [1.82, 2.24) is 10.6 Å². The second kappa shape index (κ2) is 7.88. The maximum absolute atomic E-state index is 13.0. The number of allylic oxidation sites excluding steroid dienone is 1. The average molecular weight is 407 g/mol. The summed E-state index contributed by atoms with van der Waals surface area (Å²) >= 11 is 1.87. The first-order valence-electron chi connectivity index (χ1n) is 10.4. The van der Waals surface area contributed by atoms with Crippen LogP contribution in [0.1, 0.15) is 43.5 Å². The van der Waals surface area contributed by atoms with Crippen molar-refractivity contribution in [3.8, 4) is 5.75 Å². The number of thioether (sulfide) groups is 1. The van der Waals surface area contributed by atoms with Crippen LogP contribution in [-0.2, 0) is 11.4 Å². The Morgan fingerprint density at radius 3 is 2.86 bits per heavy atom. The molecule has 29 heavy (non-hydrogen) atoms. The Balaban J connectivity index is 1.29. The molecule has 1 amide bonds. The summed E-state index contributed by atoms with van der Waals surface area (Å²) in [4.78, 5) is 14.4. The van der Waals surface area contributed by atoms with Gasteiger partial charge in [0, 0.05) is 0 Å². The molecular formula is C24H26N2O2S. The van der Waals surface area contributed by atoms with E-state index in [1.54, 1.807) is 0 Å². The maximum atomic E-state index is 13.0. The van der Waals surface area contributed by atoms with Gasteiger partial charge in [0.1, 0.15) is 18.5 Å². The van der Waals surface area contributed by atoms with Gasteiger partial charge in [0.15, 0.2) is 0 Å². The first kappa shape index (κ1) is 18.8. The van der Waals surface area contributed by atoms with Gasteiger partial charge in [-0.25, -0.2) is 0 Å². The number of hydrogen-bond acceptors (Lipinski definition) is 4. The Kier molecular flexibility index (Phi) is 5.10. The zero-order valence-corrected chi connectivity index (χ0v) is 17.4. The number of rotatable bonds is 4. The van der Waals surface area contributed by atoms with Gasteiger partial charge >= 0.3 is 0 Å². The number of nitrogens with one attached hydrogen (secondary N) is 2. The van der Waals surface area contributed by atoms with Crippen molar-refractivity contribution in [2.45, 2.75) is 44.3 Å². The van der Waals surface area contributed by atoms with Gasteiger partial charge in [-0.2, -0.15) is 0 Å². The van der Waals surface area contributed by atoms with Gasteiger partial charge in [0.2, 0.25) is 5.91 Å². The quantitative estimate of drug-likeness (QED) is 0.770. The second-order valence-electron chi connectivity index (χ2n) is 8.27. The molecule has 1 aliphatic carbocycles. The fourth-order valence-electron chi connectivity index (χ4n) is 4.52. The molecule has 3 aliphatic rings. The largest absolute Gasteiger partial charge is 0.489 e. The number of hydrogen-bond donors (Lipinski definition) is 2. The van der Waals surface area contributed by atoms with Crippen LogP contribution in [0.25, 0.3) is 0 Å². The summed E-state index contributed by atoms with van der Waals surface area (Å²) in [5, 5.41) is 7.00. The standard InChI is InChI=1S/C24H26N2O2S/c1-15-10-11-19-20(12-15)29-24-21(19)23(27)25-22(26-24)17-8-5-9-18(13-17)28-14-16-6-3-2-4-7-16/h2-9,13,15,21-22,24,26H,10-12,14H2,1H3,(H,25,27). The van der Waals surface area contributed by atoms with Crippen LogP contribution in [-0.4, -0.2) is 11.3 Å². The summed E-state index contributed by atoms with van der Waals surface area (Å²) in [7, 11) is 0. The topological polar surface area (TPSA) is 50.4 Å². The molecule has 150 valence electrons. The van der Waals surface area contributed by atoms with Crippen LogP contribution in [0.5, 0.6) is 5.75 Å². The van der Waals surface area contributed by atoms with E-state index >= 15 is 0 Å². The van der Waals surface area contributed by atoms with E-state index in [9.17, 15) is 4.79 Å². The minimum Gasteiger partial charge on any atom is -0.489 e. The highest BCUT2D eigenvalue weighted by Crippen LogP contribution is 2.50. The molecule has 0 aromatic heterocycles. The van der Waals surface area contributed by atoms with Crippen molar-refractivity contribution in [1.29, 1.82) is 0 Å². The van der Waals surface area contributed by atoms with Crippen LogP contribution in [0.4, 0.5) is 0 Å². The predicted octanol–water partition coefficient (Wildman–Crippen LogP) is 4.75. The van der Waals surface area contributed by atoms with Crippen LogP contribution in [0.3, 0.4) is 0 Å². The van der Waals surface area contributed by atoms with E-state index in [1.165, 1.54) is 16.9 Å². The van der Waals surface area contributed by atoms with Gasteiger partial charge in [-0.1, -0.05) is 49.4 Å². The molecule has 2 aromatic rings. The van der Waals surface area contributed by atoms with Crippen molar-refractivity contribution < 1.29 is 9.53 Å². The van der Waals surface area contributed by atoms with Crippen LogP contribution < -0.4 is 15.4 Å². The van der Waals surface area contributed by atoms with Crippen molar-refractivity contribution in [3.05, 3.63) is 76.2 Å². The molecule has 0 radical (unpaired) electrons. The lowest BCUT2D eigenvalue weighted by atomic mass is 9.83. The lowest BCUT2D eigenvalue weighted by Gasteiger charge is -2.35. The first-order valence-corrected chi connectivity index (χ1v) is 11.3. The molecule has 4 atom stereocenters. The van der Waals surface area contributed by atoms with Crippen LogP contribution in [0.2, 0.25) is 0 Å². The molecule has 0 spiro atoms. The monoisotopic (exact) mass is 406 g/mol. The number of benzene rings is 2. The Hall–Kier alpha value is -2.24. The van der Waals surface area contributed by atoms with Gasteiger partial charge < -0.3 is 10.1 Å². The number of fused-ring (bicyclic) bond motifs is 2. The summed E-state index contributed by atoms with van der Waals surface area (Å²) in [6.07, 6.45) is 3.19. The fraction of sp³-hybridized carbons (Fsp3) is 0.375. The molecule has 2 N–H and O–H groups in total. The highest BCUT2D eigenvalue weighted by atomic mass is 32.2. The molecule has 0 saturated carbocycles. The minimum absolute atomic E-state index is 0.0173.